The SMILES string of the molecule is N#C[C@H](Cc1cccc(F)c1)n1nnc2cc3c(cc2c1=O)O[C@H]1CCCN1C3=O. The first-order valence-corrected chi connectivity index (χ1v) is 9.60. The van der Waals surface area contributed by atoms with Crippen LogP contribution in [0.15, 0.2) is 41.2 Å². The van der Waals surface area contributed by atoms with E-state index in [9.17, 15) is 19.2 Å². The molecular formula is C21H16FN5O3. The summed E-state index contributed by atoms with van der Waals surface area (Å²) in [4.78, 5) is 27.5. The minimum absolute atomic E-state index is 0.102. The quantitative estimate of drug-likeness (QED) is 0.662. The maximum Gasteiger partial charge on any atom is 0.279 e. The molecule has 2 aliphatic rings. The summed E-state index contributed by atoms with van der Waals surface area (Å²) in [5, 5.41) is 17.8. The molecular weight excluding hydrogens is 389 g/mol. The van der Waals surface area contributed by atoms with E-state index < -0.39 is 17.4 Å². The zero-order chi connectivity index (χ0) is 20.8. The van der Waals surface area contributed by atoms with E-state index in [1.54, 1.807) is 17.0 Å². The third-order valence-corrected chi connectivity index (χ3v) is 5.50. The molecule has 0 saturated carbocycles. The van der Waals surface area contributed by atoms with Gasteiger partial charge >= 0.3 is 0 Å². The zero-order valence-corrected chi connectivity index (χ0v) is 15.8. The van der Waals surface area contributed by atoms with E-state index in [0.29, 0.717) is 23.4 Å². The number of hydrogen-bond acceptors (Lipinski definition) is 6. The Bertz CT molecular complexity index is 1280. The predicted molar refractivity (Wildman–Crippen MR) is 103 cm³/mol. The summed E-state index contributed by atoms with van der Waals surface area (Å²) in [6.07, 6.45) is 1.39. The number of nitrogens with zero attached hydrogens (tertiary/aromatic N) is 5. The largest absolute Gasteiger partial charge is 0.470 e. The highest BCUT2D eigenvalue weighted by molar-refractivity contribution is 6.01. The van der Waals surface area contributed by atoms with E-state index >= 15 is 0 Å². The first-order chi connectivity index (χ1) is 14.5. The predicted octanol–water partition coefficient (Wildman–Crippen LogP) is 2.19. The Morgan fingerprint density at radius 1 is 1.30 bits per heavy atom. The summed E-state index contributed by atoms with van der Waals surface area (Å²) >= 11 is 0. The fourth-order valence-corrected chi connectivity index (χ4v) is 4.02. The van der Waals surface area contributed by atoms with Crippen molar-refractivity contribution >= 4 is 16.8 Å². The van der Waals surface area contributed by atoms with Gasteiger partial charge in [-0.15, -0.1) is 5.10 Å². The zero-order valence-electron chi connectivity index (χ0n) is 15.8. The highest BCUT2D eigenvalue weighted by Crippen LogP contribution is 2.34. The number of aromatic nitrogens is 3. The summed E-state index contributed by atoms with van der Waals surface area (Å²) < 4.78 is 20.4. The molecule has 3 heterocycles. The Morgan fingerprint density at radius 2 is 2.17 bits per heavy atom. The number of carbonyl (C=O) groups is 1. The minimum Gasteiger partial charge on any atom is -0.470 e. The van der Waals surface area contributed by atoms with Crippen LogP contribution in [-0.2, 0) is 6.42 Å². The van der Waals surface area contributed by atoms with Crippen molar-refractivity contribution in [3.05, 3.63) is 63.7 Å². The van der Waals surface area contributed by atoms with Crippen molar-refractivity contribution in [1.82, 2.24) is 19.9 Å². The van der Waals surface area contributed by atoms with Crippen LogP contribution < -0.4 is 10.3 Å². The van der Waals surface area contributed by atoms with Crippen LogP contribution in [-0.4, -0.2) is 38.6 Å². The van der Waals surface area contributed by atoms with Crippen LogP contribution in [0.1, 0.15) is 34.8 Å². The van der Waals surface area contributed by atoms with Crippen LogP contribution in [0.3, 0.4) is 0 Å². The second kappa shape index (κ2) is 6.91. The number of hydrogen-bond donors (Lipinski definition) is 0. The molecule has 2 atom stereocenters. The van der Waals surface area contributed by atoms with E-state index in [0.717, 1.165) is 17.5 Å². The molecule has 0 aliphatic carbocycles. The van der Waals surface area contributed by atoms with Gasteiger partial charge in [0.05, 0.1) is 17.0 Å². The first-order valence-electron chi connectivity index (χ1n) is 9.60. The monoisotopic (exact) mass is 405 g/mol. The average molecular weight is 405 g/mol. The van der Waals surface area contributed by atoms with Gasteiger partial charge < -0.3 is 9.64 Å². The Labute approximate surface area is 170 Å². The van der Waals surface area contributed by atoms with Gasteiger partial charge in [-0.2, -0.15) is 9.94 Å². The summed E-state index contributed by atoms with van der Waals surface area (Å²) in [5.41, 5.74) is 0.655. The van der Waals surface area contributed by atoms with Crippen molar-refractivity contribution in [2.24, 2.45) is 0 Å². The molecule has 0 radical (unpaired) electrons. The van der Waals surface area contributed by atoms with Crippen molar-refractivity contribution in [2.75, 3.05) is 6.54 Å². The molecule has 150 valence electrons. The second-order valence-electron chi connectivity index (χ2n) is 7.40. The molecule has 2 aliphatic heterocycles. The van der Waals surface area contributed by atoms with Gasteiger partial charge in [0.2, 0.25) is 0 Å². The summed E-state index contributed by atoms with van der Waals surface area (Å²) in [6.45, 7) is 0.637. The first kappa shape index (κ1) is 18.2. The molecule has 1 fully saturated rings. The molecule has 1 amide bonds. The molecule has 1 aromatic heterocycles. The highest BCUT2D eigenvalue weighted by Gasteiger charge is 2.37. The number of benzene rings is 2. The maximum atomic E-state index is 13.5. The molecule has 1 saturated heterocycles. The molecule has 30 heavy (non-hydrogen) atoms. The minimum atomic E-state index is -0.958. The molecule has 0 N–H and O–H groups in total. The Hall–Kier alpha value is -3.80. The van der Waals surface area contributed by atoms with Gasteiger partial charge in [0.25, 0.3) is 11.5 Å². The van der Waals surface area contributed by atoms with Crippen LogP contribution in [0.4, 0.5) is 4.39 Å². The Kier molecular flexibility index (Phi) is 4.20. The number of halogens is 1. The van der Waals surface area contributed by atoms with Crippen molar-refractivity contribution in [1.29, 1.82) is 5.26 Å². The molecule has 2 aromatic carbocycles. The normalized spacial score (nSPS) is 18.5. The smallest absolute Gasteiger partial charge is 0.279 e. The Balaban J connectivity index is 1.56. The molecule has 0 spiro atoms. The van der Waals surface area contributed by atoms with E-state index in [4.69, 9.17) is 4.74 Å². The molecule has 3 aromatic rings. The van der Waals surface area contributed by atoms with Crippen LogP contribution in [0.5, 0.6) is 5.75 Å². The number of fused-ring (bicyclic) bond motifs is 3. The fourth-order valence-electron chi connectivity index (χ4n) is 4.02. The van der Waals surface area contributed by atoms with E-state index in [-0.39, 0.29) is 29.5 Å². The van der Waals surface area contributed by atoms with Crippen molar-refractivity contribution in [3.8, 4) is 11.8 Å². The molecule has 8 nitrogen and oxygen atoms in total. The summed E-state index contributed by atoms with van der Waals surface area (Å²) in [7, 11) is 0. The van der Waals surface area contributed by atoms with E-state index in [1.807, 2.05) is 6.07 Å². The number of nitriles is 1. The molecule has 9 heteroatoms. The van der Waals surface area contributed by atoms with Gasteiger partial charge in [-0.3, -0.25) is 9.59 Å². The van der Waals surface area contributed by atoms with Gasteiger partial charge in [-0.05, 0) is 36.2 Å². The topological polar surface area (TPSA) is 101 Å². The third-order valence-electron chi connectivity index (χ3n) is 5.50. The van der Waals surface area contributed by atoms with Gasteiger partial charge in [0, 0.05) is 19.4 Å². The summed E-state index contributed by atoms with van der Waals surface area (Å²) in [5.74, 6) is -0.228. The lowest BCUT2D eigenvalue weighted by Gasteiger charge is -2.31. The standard InChI is InChI=1S/C21H16FN5O3/c22-13-4-1-3-12(7-13)8-14(11-23)27-21(29)15-10-18-16(9-17(15)24-25-27)20(28)26-6-2-5-19(26)30-18/h1,3-4,7,9-10,14,19H,2,5-6,8H2/t14-,19-/m0/s1. The van der Waals surface area contributed by atoms with Crippen LogP contribution in [0.2, 0.25) is 0 Å². The Morgan fingerprint density at radius 3 is 2.97 bits per heavy atom. The second-order valence-corrected chi connectivity index (χ2v) is 7.40. The molecule has 0 bridgehead atoms. The lowest BCUT2D eigenvalue weighted by atomic mass is 10.1. The van der Waals surface area contributed by atoms with Gasteiger partial charge in [-0.1, -0.05) is 17.3 Å². The van der Waals surface area contributed by atoms with Crippen molar-refractivity contribution < 1.29 is 13.9 Å². The van der Waals surface area contributed by atoms with E-state index in [1.165, 1.54) is 24.3 Å². The fraction of sp³-hybridized carbons (Fsp3) is 0.286. The van der Waals surface area contributed by atoms with Crippen molar-refractivity contribution in [3.63, 3.8) is 0 Å². The molecule has 0 unspecified atom stereocenters. The maximum absolute atomic E-state index is 13.5. The van der Waals surface area contributed by atoms with Crippen LogP contribution in [0.25, 0.3) is 10.9 Å². The van der Waals surface area contributed by atoms with E-state index in [2.05, 4.69) is 10.3 Å². The van der Waals surface area contributed by atoms with Crippen LogP contribution in [0, 0.1) is 17.1 Å². The number of rotatable bonds is 3. The number of carbonyl (C=O) groups excluding carboxylic acids is 1. The average Bonchev–Trinajstić information content (AvgIpc) is 3.21. The van der Waals surface area contributed by atoms with Gasteiger partial charge in [0.15, 0.2) is 6.23 Å². The number of amides is 1. The number of ether oxygens (including phenoxy) is 1. The lowest BCUT2D eigenvalue weighted by molar-refractivity contribution is 0.0295. The molecule has 5 rings (SSSR count). The van der Waals surface area contributed by atoms with Gasteiger partial charge in [-0.25, -0.2) is 4.39 Å². The van der Waals surface area contributed by atoms with Crippen molar-refractivity contribution in [2.45, 2.75) is 31.5 Å². The lowest BCUT2D eigenvalue weighted by Crippen LogP contribution is -2.43. The summed E-state index contributed by atoms with van der Waals surface area (Å²) in [6, 6.07) is 9.93. The highest BCUT2D eigenvalue weighted by atomic mass is 19.1. The van der Waals surface area contributed by atoms with Gasteiger partial charge in [0.1, 0.15) is 23.1 Å². The van der Waals surface area contributed by atoms with Crippen LogP contribution >= 0.6 is 0 Å². The third kappa shape index (κ3) is 2.88.